The molecule has 0 spiro atoms. The van der Waals surface area contributed by atoms with Gasteiger partial charge in [-0.25, -0.2) is 0 Å². The number of nitrogens with zero attached hydrogens (tertiary/aromatic N) is 4. The summed E-state index contributed by atoms with van der Waals surface area (Å²) in [5.41, 5.74) is 5.05. The third kappa shape index (κ3) is 3.71. The molecule has 0 aliphatic carbocycles. The van der Waals surface area contributed by atoms with E-state index in [-0.39, 0.29) is 5.91 Å². The average molecular weight is 371 g/mol. The number of rotatable bonds is 5. The van der Waals surface area contributed by atoms with Crippen molar-refractivity contribution in [1.82, 2.24) is 19.3 Å². The van der Waals surface area contributed by atoms with E-state index in [1.165, 1.54) is 0 Å². The van der Waals surface area contributed by atoms with Crippen molar-refractivity contribution >= 4 is 11.7 Å². The number of hydrogen-bond donors (Lipinski definition) is 1. The van der Waals surface area contributed by atoms with Crippen molar-refractivity contribution in [3.05, 3.63) is 95.7 Å². The Balaban J connectivity index is 1.44. The molecule has 140 valence electrons. The fraction of sp³-hybridized carbons (Fsp3) is 0.136. The smallest absolute Gasteiger partial charge is 0.256 e. The van der Waals surface area contributed by atoms with Crippen molar-refractivity contribution < 1.29 is 4.79 Å². The van der Waals surface area contributed by atoms with Crippen molar-refractivity contribution in [3.63, 3.8) is 0 Å². The van der Waals surface area contributed by atoms with Crippen LogP contribution >= 0.6 is 0 Å². The molecule has 0 fully saturated rings. The van der Waals surface area contributed by atoms with E-state index < -0.39 is 0 Å². The molecule has 28 heavy (non-hydrogen) atoms. The van der Waals surface area contributed by atoms with Crippen molar-refractivity contribution in [2.75, 3.05) is 5.32 Å². The first-order valence-electron chi connectivity index (χ1n) is 9.09. The van der Waals surface area contributed by atoms with Crippen molar-refractivity contribution in [2.45, 2.75) is 20.4 Å². The van der Waals surface area contributed by atoms with Gasteiger partial charge in [0.1, 0.15) is 0 Å². The Labute approximate surface area is 163 Å². The number of aryl methyl sites for hydroxylation is 2. The third-order valence-corrected chi connectivity index (χ3v) is 4.64. The quantitative estimate of drug-likeness (QED) is 0.577. The Morgan fingerprint density at radius 2 is 1.61 bits per heavy atom. The molecule has 0 aliphatic rings. The number of pyridine rings is 1. The van der Waals surface area contributed by atoms with E-state index in [2.05, 4.69) is 45.9 Å². The van der Waals surface area contributed by atoms with Crippen molar-refractivity contribution in [1.29, 1.82) is 0 Å². The molecule has 1 amide bonds. The minimum Gasteiger partial charge on any atom is -0.319 e. The predicted octanol–water partition coefficient (Wildman–Crippen LogP) is 3.99. The first-order valence-corrected chi connectivity index (χ1v) is 9.09. The van der Waals surface area contributed by atoms with E-state index in [0.717, 1.165) is 22.6 Å². The fourth-order valence-electron chi connectivity index (χ4n) is 3.22. The van der Waals surface area contributed by atoms with Crippen LogP contribution in [0.25, 0.3) is 5.69 Å². The summed E-state index contributed by atoms with van der Waals surface area (Å²) in [6.45, 7) is 4.76. The van der Waals surface area contributed by atoms with E-state index in [1.54, 1.807) is 23.1 Å². The highest BCUT2D eigenvalue weighted by molar-refractivity contribution is 6.03. The van der Waals surface area contributed by atoms with Gasteiger partial charge in [0.05, 0.1) is 6.54 Å². The summed E-state index contributed by atoms with van der Waals surface area (Å²) in [7, 11) is 0. The summed E-state index contributed by atoms with van der Waals surface area (Å²) in [6.07, 6.45) is 5.35. The first-order chi connectivity index (χ1) is 13.6. The minimum absolute atomic E-state index is 0.179. The standard InChI is InChI=1S/C22H21N5O/c1-16-3-4-17(2)27(16)20-7-5-19(6-8-20)22(28)24-21-11-14-26(25-21)15-18-9-12-23-13-10-18/h3-14H,15H2,1-2H3,(H,24,25,28). The Kier molecular flexibility index (Phi) is 4.76. The SMILES string of the molecule is Cc1ccc(C)n1-c1ccc(C(=O)Nc2ccn(Cc3ccncc3)n2)cc1. The molecule has 0 unspecified atom stereocenters. The van der Waals surface area contributed by atoms with Crippen LogP contribution in [-0.2, 0) is 6.54 Å². The topological polar surface area (TPSA) is 64.7 Å². The van der Waals surface area contributed by atoms with Gasteiger partial charge in [-0.15, -0.1) is 0 Å². The van der Waals surface area contributed by atoms with E-state index in [0.29, 0.717) is 17.9 Å². The normalized spacial score (nSPS) is 10.8. The molecule has 3 heterocycles. The lowest BCUT2D eigenvalue weighted by molar-refractivity contribution is 0.102. The lowest BCUT2D eigenvalue weighted by Crippen LogP contribution is -2.13. The van der Waals surface area contributed by atoms with Crippen LogP contribution in [0, 0.1) is 13.8 Å². The van der Waals surface area contributed by atoms with Crippen LogP contribution in [0.15, 0.2) is 73.2 Å². The summed E-state index contributed by atoms with van der Waals surface area (Å²) in [4.78, 5) is 16.5. The number of amides is 1. The Hall–Kier alpha value is -3.67. The van der Waals surface area contributed by atoms with Gasteiger partial charge in [0.25, 0.3) is 5.91 Å². The van der Waals surface area contributed by atoms with E-state index in [9.17, 15) is 4.79 Å². The van der Waals surface area contributed by atoms with E-state index >= 15 is 0 Å². The highest BCUT2D eigenvalue weighted by Crippen LogP contribution is 2.17. The molecule has 6 heteroatoms. The third-order valence-electron chi connectivity index (χ3n) is 4.64. The van der Waals surface area contributed by atoms with Gasteiger partial charge in [0, 0.05) is 47.3 Å². The van der Waals surface area contributed by atoms with E-state index in [4.69, 9.17) is 0 Å². The summed E-state index contributed by atoms with van der Waals surface area (Å²) >= 11 is 0. The number of carbonyl (C=O) groups is 1. The first kappa shape index (κ1) is 17.7. The molecule has 0 saturated carbocycles. The molecule has 3 aromatic heterocycles. The number of nitrogens with one attached hydrogen (secondary N) is 1. The maximum Gasteiger partial charge on any atom is 0.256 e. The summed E-state index contributed by atoms with van der Waals surface area (Å²) in [5, 5.41) is 7.26. The van der Waals surface area contributed by atoms with Crippen LogP contribution in [0.1, 0.15) is 27.3 Å². The zero-order valence-electron chi connectivity index (χ0n) is 15.8. The molecule has 0 bridgehead atoms. The lowest BCUT2D eigenvalue weighted by atomic mass is 10.2. The minimum atomic E-state index is -0.179. The van der Waals surface area contributed by atoms with Gasteiger partial charge in [-0.05, 0) is 67.9 Å². The molecular formula is C22H21N5O. The highest BCUT2D eigenvalue weighted by atomic mass is 16.1. The van der Waals surface area contributed by atoms with Gasteiger partial charge in [-0.2, -0.15) is 5.10 Å². The van der Waals surface area contributed by atoms with Crippen LogP contribution in [0.5, 0.6) is 0 Å². The Morgan fingerprint density at radius 1 is 0.929 bits per heavy atom. The molecule has 4 aromatic rings. The molecule has 1 aromatic carbocycles. The van der Waals surface area contributed by atoms with Crippen LogP contribution in [-0.4, -0.2) is 25.2 Å². The fourth-order valence-corrected chi connectivity index (χ4v) is 3.22. The summed E-state index contributed by atoms with van der Waals surface area (Å²) in [6, 6.07) is 17.4. The molecule has 0 saturated heterocycles. The van der Waals surface area contributed by atoms with Gasteiger partial charge in [-0.1, -0.05) is 0 Å². The second-order valence-electron chi connectivity index (χ2n) is 6.71. The van der Waals surface area contributed by atoms with Crippen LogP contribution in [0.3, 0.4) is 0 Å². The number of aromatic nitrogens is 4. The Morgan fingerprint density at radius 3 is 2.29 bits per heavy atom. The molecule has 0 radical (unpaired) electrons. The van der Waals surface area contributed by atoms with Crippen LogP contribution in [0.2, 0.25) is 0 Å². The molecule has 0 aliphatic heterocycles. The largest absolute Gasteiger partial charge is 0.319 e. The molecule has 4 rings (SSSR count). The van der Waals surface area contributed by atoms with Gasteiger partial charge >= 0.3 is 0 Å². The zero-order chi connectivity index (χ0) is 19.5. The van der Waals surface area contributed by atoms with Crippen molar-refractivity contribution in [2.24, 2.45) is 0 Å². The summed E-state index contributed by atoms with van der Waals surface area (Å²) < 4.78 is 3.94. The maximum atomic E-state index is 12.5. The van der Waals surface area contributed by atoms with Crippen LogP contribution < -0.4 is 5.32 Å². The van der Waals surface area contributed by atoms with Gasteiger partial charge in [0.2, 0.25) is 0 Å². The average Bonchev–Trinajstić information content (AvgIpc) is 3.28. The Bertz CT molecular complexity index is 1070. The second-order valence-corrected chi connectivity index (χ2v) is 6.71. The summed E-state index contributed by atoms with van der Waals surface area (Å²) in [5.74, 6) is 0.349. The predicted molar refractivity (Wildman–Crippen MR) is 109 cm³/mol. The van der Waals surface area contributed by atoms with Gasteiger partial charge < -0.3 is 9.88 Å². The number of anilines is 1. The second kappa shape index (κ2) is 7.52. The zero-order valence-corrected chi connectivity index (χ0v) is 15.8. The molecule has 1 N–H and O–H groups in total. The number of benzene rings is 1. The van der Waals surface area contributed by atoms with Crippen LogP contribution in [0.4, 0.5) is 5.82 Å². The molecular weight excluding hydrogens is 350 g/mol. The molecule has 6 nitrogen and oxygen atoms in total. The van der Waals surface area contributed by atoms with Gasteiger partial charge in [-0.3, -0.25) is 14.5 Å². The van der Waals surface area contributed by atoms with E-state index in [1.807, 2.05) is 42.6 Å². The monoisotopic (exact) mass is 371 g/mol. The number of hydrogen-bond acceptors (Lipinski definition) is 3. The van der Waals surface area contributed by atoms with Crippen molar-refractivity contribution in [3.8, 4) is 5.69 Å². The highest BCUT2D eigenvalue weighted by Gasteiger charge is 2.10. The molecule has 0 atom stereocenters. The number of carbonyl (C=O) groups excluding carboxylic acids is 1. The lowest BCUT2D eigenvalue weighted by Gasteiger charge is -2.10. The maximum absolute atomic E-state index is 12.5. The van der Waals surface area contributed by atoms with Gasteiger partial charge in [0.15, 0.2) is 5.82 Å².